The van der Waals surface area contributed by atoms with Gasteiger partial charge in [-0.25, -0.2) is 9.78 Å². The lowest BCUT2D eigenvalue weighted by molar-refractivity contribution is 0.0398. The highest BCUT2D eigenvalue weighted by Crippen LogP contribution is 2.26. The van der Waals surface area contributed by atoms with Crippen molar-refractivity contribution in [3.05, 3.63) is 57.5 Å². The SMILES string of the molecule is CCOC(=O)c1cn(-c2ccc3c(c2)CCC3)c2nc(NCCN3CCOCC3)ncc2c1=O. The van der Waals surface area contributed by atoms with E-state index in [1.54, 1.807) is 17.7 Å². The van der Waals surface area contributed by atoms with Crippen LogP contribution in [0.4, 0.5) is 5.95 Å². The van der Waals surface area contributed by atoms with Gasteiger partial charge >= 0.3 is 5.97 Å². The number of benzene rings is 1. The number of morpholine rings is 1. The second-order valence-corrected chi connectivity index (χ2v) is 8.58. The molecule has 0 radical (unpaired) electrons. The van der Waals surface area contributed by atoms with E-state index >= 15 is 0 Å². The molecule has 1 N–H and O–H groups in total. The number of pyridine rings is 1. The van der Waals surface area contributed by atoms with Gasteiger partial charge in [0.25, 0.3) is 0 Å². The quantitative estimate of drug-likeness (QED) is 0.533. The largest absolute Gasteiger partial charge is 0.462 e. The van der Waals surface area contributed by atoms with Crippen molar-refractivity contribution in [3.8, 4) is 5.69 Å². The van der Waals surface area contributed by atoms with Crippen LogP contribution in [0.5, 0.6) is 0 Å². The number of ether oxygens (including phenoxy) is 2. The van der Waals surface area contributed by atoms with Crippen LogP contribution >= 0.6 is 0 Å². The maximum atomic E-state index is 13.1. The highest BCUT2D eigenvalue weighted by molar-refractivity contribution is 5.93. The molecule has 1 aliphatic carbocycles. The molecule has 5 rings (SSSR count). The average Bonchev–Trinajstić information content (AvgIpc) is 3.33. The first-order chi connectivity index (χ1) is 16.6. The van der Waals surface area contributed by atoms with E-state index in [4.69, 9.17) is 9.47 Å². The number of rotatable bonds is 7. The highest BCUT2D eigenvalue weighted by atomic mass is 16.5. The zero-order chi connectivity index (χ0) is 23.5. The number of anilines is 1. The molecule has 1 fully saturated rings. The van der Waals surface area contributed by atoms with Gasteiger partial charge in [0.1, 0.15) is 5.56 Å². The number of fused-ring (bicyclic) bond motifs is 2. The molecular weight excluding hydrogens is 434 g/mol. The smallest absolute Gasteiger partial charge is 0.343 e. The topological polar surface area (TPSA) is 98.6 Å². The van der Waals surface area contributed by atoms with Crippen LogP contribution in [0, 0.1) is 0 Å². The minimum atomic E-state index is -0.642. The molecule has 0 atom stereocenters. The minimum absolute atomic E-state index is 0.0218. The van der Waals surface area contributed by atoms with Crippen LogP contribution in [0.15, 0.2) is 35.4 Å². The van der Waals surface area contributed by atoms with Gasteiger partial charge in [-0.1, -0.05) is 6.07 Å². The Labute approximate surface area is 197 Å². The Kier molecular flexibility index (Phi) is 6.55. The van der Waals surface area contributed by atoms with Crippen LogP contribution in [0.2, 0.25) is 0 Å². The van der Waals surface area contributed by atoms with E-state index in [0.29, 0.717) is 18.1 Å². The van der Waals surface area contributed by atoms with Crippen molar-refractivity contribution >= 4 is 23.0 Å². The van der Waals surface area contributed by atoms with Crippen molar-refractivity contribution in [2.75, 3.05) is 51.3 Å². The van der Waals surface area contributed by atoms with E-state index in [1.807, 2.05) is 6.07 Å². The fourth-order valence-corrected chi connectivity index (χ4v) is 4.61. The molecule has 0 unspecified atom stereocenters. The van der Waals surface area contributed by atoms with Crippen molar-refractivity contribution in [1.82, 2.24) is 19.4 Å². The Balaban J connectivity index is 1.52. The Morgan fingerprint density at radius 2 is 2.03 bits per heavy atom. The molecule has 0 saturated carbocycles. The molecule has 9 nitrogen and oxygen atoms in total. The number of carbonyl (C=O) groups excluding carboxylic acids is 1. The summed E-state index contributed by atoms with van der Waals surface area (Å²) < 4.78 is 12.3. The molecule has 3 heterocycles. The molecule has 34 heavy (non-hydrogen) atoms. The van der Waals surface area contributed by atoms with Crippen LogP contribution < -0.4 is 10.7 Å². The summed E-state index contributed by atoms with van der Waals surface area (Å²) in [6.45, 7) is 6.77. The third-order valence-electron chi connectivity index (χ3n) is 6.41. The molecule has 0 amide bonds. The number of esters is 1. The molecule has 0 bridgehead atoms. The lowest BCUT2D eigenvalue weighted by Crippen LogP contribution is -2.39. The van der Waals surface area contributed by atoms with Gasteiger partial charge in [0.2, 0.25) is 11.4 Å². The number of hydrogen-bond donors (Lipinski definition) is 1. The van der Waals surface area contributed by atoms with E-state index in [-0.39, 0.29) is 17.6 Å². The zero-order valence-electron chi connectivity index (χ0n) is 19.4. The van der Waals surface area contributed by atoms with E-state index in [9.17, 15) is 9.59 Å². The number of carbonyl (C=O) groups is 1. The van der Waals surface area contributed by atoms with Crippen molar-refractivity contribution in [1.29, 1.82) is 0 Å². The van der Waals surface area contributed by atoms with E-state index in [1.165, 1.54) is 17.3 Å². The molecule has 9 heteroatoms. The molecule has 1 saturated heterocycles. The van der Waals surface area contributed by atoms with Gasteiger partial charge in [0.05, 0.1) is 25.2 Å². The number of aromatic nitrogens is 3. The van der Waals surface area contributed by atoms with Crippen LogP contribution in [-0.4, -0.2) is 71.4 Å². The summed E-state index contributed by atoms with van der Waals surface area (Å²) in [6, 6.07) is 6.25. The van der Waals surface area contributed by atoms with Crippen molar-refractivity contribution in [2.45, 2.75) is 26.2 Å². The molecule has 1 aromatic carbocycles. The number of aryl methyl sites for hydroxylation is 2. The van der Waals surface area contributed by atoms with Crippen molar-refractivity contribution in [2.24, 2.45) is 0 Å². The van der Waals surface area contributed by atoms with Crippen LogP contribution in [-0.2, 0) is 22.3 Å². The van der Waals surface area contributed by atoms with E-state index in [2.05, 4.69) is 32.3 Å². The first-order valence-electron chi connectivity index (χ1n) is 11.9. The summed E-state index contributed by atoms with van der Waals surface area (Å²) in [4.78, 5) is 37.0. The Hall–Kier alpha value is -3.30. The van der Waals surface area contributed by atoms with Gasteiger partial charge in [0, 0.05) is 44.3 Å². The standard InChI is InChI=1S/C25H29N5O4/c1-2-34-24(32)21-16-30(19-7-6-17-4-3-5-18(17)14-19)23-20(22(21)31)15-27-25(28-23)26-8-9-29-10-12-33-13-11-29/h6-7,14-16H,2-5,8-13H2,1H3,(H,26,27,28). The Morgan fingerprint density at radius 3 is 2.85 bits per heavy atom. The molecule has 2 aromatic heterocycles. The van der Waals surface area contributed by atoms with Gasteiger partial charge in [0.15, 0.2) is 5.65 Å². The zero-order valence-corrected chi connectivity index (χ0v) is 19.4. The van der Waals surface area contributed by atoms with Gasteiger partial charge in [-0.05, 0) is 49.4 Å². The first kappa shape index (κ1) is 22.5. The number of hydrogen-bond acceptors (Lipinski definition) is 8. The maximum Gasteiger partial charge on any atom is 0.343 e. The molecule has 3 aromatic rings. The summed E-state index contributed by atoms with van der Waals surface area (Å²) in [5.74, 6) is -0.198. The monoisotopic (exact) mass is 463 g/mol. The normalized spacial score (nSPS) is 15.9. The summed E-state index contributed by atoms with van der Waals surface area (Å²) in [7, 11) is 0. The van der Waals surface area contributed by atoms with Crippen LogP contribution in [0.1, 0.15) is 34.8 Å². The second kappa shape index (κ2) is 9.90. The number of nitrogens with one attached hydrogen (secondary N) is 1. The Bertz CT molecular complexity index is 1270. The van der Waals surface area contributed by atoms with Crippen molar-refractivity contribution < 1.29 is 14.3 Å². The van der Waals surface area contributed by atoms with Gasteiger partial charge in [-0.2, -0.15) is 4.98 Å². The Morgan fingerprint density at radius 1 is 1.21 bits per heavy atom. The van der Waals surface area contributed by atoms with Crippen molar-refractivity contribution in [3.63, 3.8) is 0 Å². The van der Waals surface area contributed by atoms with Gasteiger partial charge < -0.3 is 19.4 Å². The summed E-state index contributed by atoms with van der Waals surface area (Å²) in [5.41, 5.74) is 3.51. The minimum Gasteiger partial charge on any atom is -0.462 e. The molecular formula is C25H29N5O4. The van der Waals surface area contributed by atoms with E-state index in [0.717, 1.165) is 57.8 Å². The fraction of sp³-hybridized carbons (Fsp3) is 0.440. The molecule has 2 aliphatic rings. The lowest BCUT2D eigenvalue weighted by Gasteiger charge is -2.26. The predicted molar refractivity (Wildman–Crippen MR) is 129 cm³/mol. The lowest BCUT2D eigenvalue weighted by atomic mass is 10.1. The van der Waals surface area contributed by atoms with Gasteiger partial charge in [-0.3, -0.25) is 9.69 Å². The summed E-state index contributed by atoms with van der Waals surface area (Å²) >= 11 is 0. The third-order valence-corrected chi connectivity index (χ3v) is 6.41. The van der Waals surface area contributed by atoms with Gasteiger partial charge in [-0.15, -0.1) is 0 Å². The molecule has 178 valence electrons. The second-order valence-electron chi connectivity index (χ2n) is 8.58. The van der Waals surface area contributed by atoms with Crippen LogP contribution in [0.25, 0.3) is 16.7 Å². The third kappa shape index (κ3) is 4.53. The number of nitrogens with zero attached hydrogens (tertiary/aromatic N) is 4. The molecule has 0 spiro atoms. The van der Waals surface area contributed by atoms with E-state index < -0.39 is 11.4 Å². The summed E-state index contributed by atoms with van der Waals surface area (Å²) in [5, 5.41) is 3.55. The summed E-state index contributed by atoms with van der Waals surface area (Å²) in [6.07, 6.45) is 6.28. The molecule has 1 aliphatic heterocycles. The average molecular weight is 464 g/mol. The highest BCUT2D eigenvalue weighted by Gasteiger charge is 2.20. The fourth-order valence-electron chi connectivity index (χ4n) is 4.61. The first-order valence-corrected chi connectivity index (χ1v) is 11.9. The predicted octanol–water partition coefficient (Wildman–Crippen LogP) is 2.19. The van der Waals surface area contributed by atoms with Crippen LogP contribution in [0.3, 0.4) is 0 Å². The maximum absolute atomic E-state index is 13.1.